The normalized spacial score (nSPS) is 20.3. The minimum Gasteiger partial charge on any atom is -0.508 e. The lowest BCUT2D eigenvalue weighted by Gasteiger charge is -2.35. The van der Waals surface area contributed by atoms with E-state index in [0.29, 0.717) is 17.9 Å². The minimum absolute atomic E-state index is 0.0850. The number of hydrogen-bond donors (Lipinski definition) is 1. The third-order valence-corrected chi connectivity index (χ3v) is 6.91. The summed E-state index contributed by atoms with van der Waals surface area (Å²) in [7, 11) is 0. The number of benzene rings is 3. The molecule has 0 aliphatic carbocycles. The van der Waals surface area contributed by atoms with E-state index in [2.05, 4.69) is 4.90 Å². The van der Waals surface area contributed by atoms with Crippen LogP contribution in [-0.4, -0.2) is 42.9 Å². The number of halogens is 3. The van der Waals surface area contributed by atoms with E-state index in [0.717, 1.165) is 42.6 Å². The molecule has 2 aliphatic rings. The van der Waals surface area contributed by atoms with E-state index in [1.54, 1.807) is 24.3 Å². The second kappa shape index (κ2) is 9.82. The highest BCUT2D eigenvalue weighted by Crippen LogP contribution is 2.47. The summed E-state index contributed by atoms with van der Waals surface area (Å²) in [6, 6.07) is 18.2. The number of alkyl halides is 3. The number of nitrogens with zero attached hydrogens (tertiary/aromatic N) is 1. The van der Waals surface area contributed by atoms with E-state index in [-0.39, 0.29) is 24.2 Å². The van der Waals surface area contributed by atoms with Gasteiger partial charge in [0.15, 0.2) is 0 Å². The van der Waals surface area contributed by atoms with Crippen molar-refractivity contribution in [2.45, 2.75) is 30.9 Å². The Balaban J connectivity index is 1.42. The number of likely N-dealkylation sites (tertiary alicyclic amines) is 1. The molecule has 2 heterocycles. The van der Waals surface area contributed by atoms with Gasteiger partial charge in [0, 0.05) is 30.0 Å². The number of hydrogen-bond acceptors (Lipinski definition) is 4. The molecule has 5 rings (SSSR count). The zero-order valence-corrected chi connectivity index (χ0v) is 19.3. The molecule has 184 valence electrons. The van der Waals surface area contributed by atoms with Gasteiger partial charge in [-0.3, -0.25) is 4.90 Å². The van der Waals surface area contributed by atoms with Crippen LogP contribution in [0.5, 0.6) is 17.2 Å². The lowest BCUT2D eigenvalue weighted by Crippen LogP contribution is -2.26. The van der Waals surface area contributed by atoms with Gasteiger partial charge in [-0.1, -0.05) is 36.4 Å². The maximum absolute atomic E-state index is 13.4. The SMILES string of the molecule is Oc1ccc2c(c1)OC[C@@H](c1cccc(C(F)(F)F)c1)[C@H]2c1ccc(OCCN2CCCC2)cc1. The number of fused-ring (bicyclic) bond motifs is 1. The molecule has 1 saturated heterocycles. The summed E-state index contributed by atoms with van der Waals surface area (Å²) in [5.74, 6) is 0.838. The second-order valence-electron chi connectivity index (χ2n) is 9.21. The van der Waals surface area contributed by atoms with Crippen LogP contribution in [-0.2, 0) is 6.18 Å². The Bertz CT molecular complexity index is 1160. The molecule has 0 saturated carbocycles. The fourth-order valence-corrected chi connectivity index (χ4v) is 5.11. The van der Waals surface area contributed by atoms with E-state index in [1.165, 1.54) is 25.0 Å². The van der Waals surface area contributed by atoms with Crippen LogP contribution in [0.2, 0.25) is 0 Å². The summed E-state index contributed by atoms with van der Waals surface area (Å²) in [6.45, 7) is 3.97. The fraction of sp³-hybridized carbons (Fsp3) is 0.357. The van der Waals surface area contributed by atoms with Gasteiger partial charge in [0.05, 0.1) is 12.2 Å². The van der Waals surface area contributed by atoms with Crippen LogP contribution < -0.4 is 9.47 Å². The summed E-state index contributed by atoms with van der Waals surface area (Å²) in [5, 5.41) is 9.93. The van der Waals surface area contributed by atoms with Crippen molar-refractivity contribution in [2.75, 3.05) is 32.8 Å². The van der Waals surface area contributed by atoms with Crippen LogP contribution >= 0.6 is 0 Å². The zero-order valence-electron chi connectivity index (χ0n) is 19.3. The predicted octanol–water partition coefficient (Wildman–Crippen LogP) is 6.19. The Morgan fingerprint density at radius 1 is 0.943 bits per heavy atom. The van der Waals surface area contributed by atoms with E-state index in [1.807, 2.05) is 24.3 Å². The first-order valence-corrected chi connectivity index (χ1v) is 12.0. The molecule has 3 aromatic rings. The first-order chi connectivity index (χ1) is 16.9. The first kappa shape index (κ1) is 23.5. The molecule has 1 fully saturated rings. The third-order valence-electron chi connectivity index (χ3n) is 6.91. The van der Waals surface area contributed by atoms with Gasteiger partial charge in [0.2, 0.25) is 0 Å². The van der Waals surface area contributed by atoms with Gasteiger partial charge in [-0.25, -0.2) is 0 Å². The molecule has 2 atom stereocenters. The Morgan fingerprint density at radius 3 is 2.46 bits per heavy atom. The highest BCUT2D eigenvalue weighted by Gasteiger charge is 2.36. The molecule has 0 radical (unpaired) electrons. The largest absolute Gasteiger partial charge is 0.508 e. The average Bonchev–Trinajstić information content (AvgIpc) is 3.37. The van der Waals surface area contributed by atoms with Gasteiger partial charge in [-0.15, -0.1) is 0 Å². The van der Waals surface area contributed by atoms with Crippen molar-refractivity contribution in [1.29, 1.82) is 0 Å². The molecule has 3 aromatic carbocycles. The predicted molar refractivity (Wildman–Crippen MR) is 127 cm³/mol. The standard InChI is InChI=1S/C28H28F3NO3/c29-28(30,31)21-5-3-4-20(16-21)25-18-35-26-17-22(33)8-11-24(26)27(25)19-6-9-23(10-7-19)34-15-14-32-12-1-2-13-32/h3-11,16-17,25,27,33H,1-2,12-15,18H2/t25-,27-/m0/s1. The van der Waals surface area contributed by atoms with Gasteiger partial charge in [-0.2, -0.15) is 13.2 Å². The van der Waals surface area contributed by atoms with Crippen molar-refractivity contribution < 1.29 is 27.8 Å². The lowest BCUT2D eigenvalue weighted by molar-refractivity contribution is -0.137. The topological polar surface area (TPSA) is 41.9 Å². The van der Waals surface area contributed by atoms with Crippen molar-refractivity contribution in [2.24, 2.45) is 0 Å². The molecule has 2 aliphatic heterocycles. The van der Waals surface area contributed by atoms with Crippen molar-refractivity contribution in [3.63, 3.8) is 0 Å². The van der Waals surface area contributed by atoms with E-state index in [4.69, 9.17) is 9.47 Å². The smallest absolute Gasteiger partial charge is 0.416 e. The minimum atomic E-state index is -4.42. The van der Waals surface area contributed by atoms with Crippen LogP contribution in [0, 0.1) is 0 Å². The van der Waals surface area contributed by atoms with Gasteiger partial charge >= 0.3 is 6.18 Å². The van der Waals surface area contributed by atoms with Gasteiger partial charge < -0.3 is 14.6 Å². The van der Waals surface area contributed by atoms with Gasteiger partial charge in [0.25, 0.3) is 0 Å². The fourth-order valence-electron chi connectivity index (χ4n) is 5.11. The lowest BCUT2D eigenvalue weighted by atomic mass is 9.75. The van der Waals surface area contributed by atoms with E-state index >= 15 is 0 Å². The zero-order chi connectivity index (χ0) is 24.4. The van der Waals surface area contributed by atoms with Gasteiger partial charge in [-0.05, 0) is 61.3 Å². The quantitative estimate of drug-likeness (QED) is 0.454. The highest BCUT2D eigenvalue weighted by molar-refractivity contribution is 5.51. The summed E-state index contributed by atoms with van der Waals surface area (Å²) >= 11 is 0. The van der Waals surface area contributed by atoms with Crippen LogP contribution in [0.1, 0.15) is 46.9 Å². The highest BCUT2D eigenvalue weighted by atomic mass is 19.4. The Morgan fingerprint density at radius 2 is 1.71 bits per heavy atom. The number of ether oxygens (including phenoxy) is 2. The molecule has 0 unspecified atom stereocenters. The molecule has 0 amide bonds. The van der Waals surface area contributed by atoms with Crippen LogP contribution in [0.25, 0.3) is 0 Å². The molecule has 4 nitrogen and oxygen atoms in total. The van der Waals surface area contributed by atoms with Crippen LogP contribution in [0.15, 0.2) is 66.7 Å². The molecule has 0 bridgehead atoms. The third kappa shape index (κ3) is 5.25. The molecule has 0 aromatic heterocycles. The van der Waals surface area contributed by atoms with Gasteiger partial charge in [0.1, 0.15) is 23.9 Å². The summed E-state index contributed by atoms with van der Waals surface area (Å²) in [6.07, 6.45) is -1.93. The maximum Gasteiger partial charge on any atom is 0.416 e. The number of rotatable bonds is 6. The van der Waals surface area contributed by atoms with Crippen molar-refractivity contribution >= 4 is 0 Å². The van der Waals surface area contributed by atoms with E-state index in [9.17, 15) is 18.3 Å². The molecule has 7 heteroatoms. The monoisotopic (exact) mass is 483 g/mol. The number of phenols is 1. The number of aromatic hydroxyl groups is 1. The Hall–Kier alpha value is -3.19. The average molecular weight is 484 g/mol. The maximum atomic E-state index is 13.4. The van der Waals surface area contributed by atoms with E-state index < -0.39 is 11.7 Å². The Labute approximate surface area is 202 Å². The summed E-state index contributed by atoms with van der Waals surface area (Å²) < 4.78 is 52.1. The second-order valence-corrected chi connectivity index (χ2v) is 9.21. The number of phenolic OH excluding ortho intramolecular Hbond substituents is 1. The van der Waals surface area contributed by atoms with Crippen molar-refractivity contribution in [1.82, 2.24) is 4.90 Å². The summed E-state index contributed by atoms with van der Waals surface area (Å²) in [5.41, 5.74) is 1.68. The van der Waals surface area contributed by atoms with Crippen molar-refractivity contribution in [3.8, 4) is 17.2 Å². The molecule has 0 spiro atoms. The molecular weight excluding hydrogens is 455 g/mol. The first-order valence-electron chi connectivity index (χ1n) is 12.0. The summed E-state index contributed by atoms with van der Waals surface area (Å²) in [4.78, 5) is 2.39. The molecule has 1 N–H and O–H groups in total. The molecular formula is C28H28F3NO3. The van der Waals surface area contributed by atoms with Crippen LogP contribution in [0.3, 0.4) is 0 Å². The Kier molecular flexibility index (Phi) is 6.60. The molecule has 35 heavy (non-hydrogen) atoms. The van der Waals surface area contributed by atoms with Crippen molar-refractivity contribution in [3.05, 3.63) is 89.0 Å². The van der Waals surface area contributed by atoms with Crippen LogP contribution in [0.4, 0.5) is 13.2 Å².